The molecule has 0 fully saturated rings. The molecule has 0 saturated carbocycles. The Morgan fingerprint density at radius 1 is 1.04 bits per heavy atom. The zero-order valence-electron chi connectivity index (χ0n) is 13.7. The number of halogens is 1. The molecule has 0 aliphatic heterocycles. The second-order valence-corrected chi connectivity index (χ2v) is 8.79. The molecule has 2 aromatic carbocycles. The predicted molar refractivity (Wildman–Crippen MR) is 105 cm³/mol. The molecule has 2 N–H and O–H groups in total. The molecule has 3 rings (SSSR count). The summed E-state index contributed by atoms with van der Waals surface area (Å²) in [6.07, 6.45) is 0.446. The second-order valence-electron chi connectivity index (χ2n) is 5.55. The molecule has 0 aliphatic carbocycles. The number of hydrogen-bond donors (Lipinski definition) is 1. The number of nitrogens with zero attached hydrogens (tertiary/aromatic N) is 3. The molecule has 0 saturated heterocycles. The number of nitrogens with two attached hydrogens (primary N) is 1. The molecule has 0 spiro atoms. The monoisotopic (exact) mass is 408 g/mol. The van der Waals surface area contributed by atoms with Crippen molar-refractivity contribution in [1.29, 1.82) is 0 Å². The van der Waals surface area contributed by atoms with E-state index in [0.29, 0.717) is 28.2 Å². The van der Waals surface area contributed by atoms with Gasteiger partial charge in [0.15, 0.2) is 11.0 Å². The Labute approximate surface area is 161 Å². The van der Waals surface area contributed by atoms with Crippen LogP contribution < -0.4 is 5.14 Å². The van der Waals surface area contributed by atoms with Crippen LogP contribution in [0.3, 0.4) is 0 Å². The summed E-state index contributed by atoms with van der Waals surface area (Å²) in [5, 5.41) is 15.0. The van der Waals surface area contributed by atoms with Gasteiger partial charge < -0.3 is 0 Å². The summed E-state index contributed by atoms with van der Waals surface area (Å²) in [5.74, 6) is 1.22. The second kappa shape index (κ2) is 8.22. The summed E-state index contributed by atoms with van der Waals surface area (Å²) >= 11 is 7.42. The van der Waals surface area contributed by atoms with Crippen LogP contribution in [0.25, 0.3) is 17.1 Å². The molecule has 3 aromatic rings. The van der Waals surface area contributed by atoms with Crippen molar-refractivity contribution < 1.29 is 8.42 Å². The van der Waals surface area contributed by atoms with Crippen LogP contribution in [0.5, 0.6) is 0 Å². The van der Waals surface area contributed by atoms with Crippen LogP contribution in [-0.2, 0) is 10.0 Å². The Hall–Kier alpha value is -1.87. The first-order valence-corrected chi connectivity index (χ1v) is 10.9. The molecular weight excluding hydrogens is 392 g/mol. The summed E-state index contributed by atoms with van der Waals surface area (Å²) in [4.78, 5) is 0. The molecule has 6 nitrogen and oxygen atoms in total. The minimum Gasteiger partial charge on any atom is -0.270 e. The summed E-state index contributed by atoms with van der Waals surface area (Å²) in [7, 11) is -3.45. The number of sulfonamides is 1. The molecule has 0 aliphatic rings. The molecule has 0 atom stereocenters. The quantitative estimate of drug-likeness (QED) is 0.478. The van der Waals surface area contributed by atoms with Crippen LogP contribution in [0.4, 0.5) is 0 Å². The number of primary sulfonamides is 1. The van der Waals surface area contributed by atoms with Crippen LogP contribution in [0, 0.1) is 0 Å². The zero-order valence-corrected chi connectivity index (χ0v) is 16.1. The highest BCUT2D eigenvalue weighted by atomic mass is 35.5. The van der Waals surface area contributed by atoms with E-state index in [1.165, 1.54) is 11.8 Å². The number of hydrogen-bond acceptors (Lipinski definition) is 5. The summed E-state index contributed by atoms with van der Waals surface area (Å²) in [6, 6.07) is 17.2. The summed E-state index contributed by atoms with van der Waals surface area (Å²) in [6.45, 7) is 0. The maximum Gasteiger partial charge on any atom is 0.209 e. The van der Waals surface area contributed by atoms with Gasteiger partial charge in [-0.3, -0.25) is 4.57 Å². The van der Waals surface area contributed by atoms with Crippen molar-refractivity contribution in [2.24, 2.45) is 5.14 Å². The van der Waals surface area contributed by atoms with E-state index in [-0.39, 0.29) is 5.75 Å². The first kappa shape index (κ1) is 18.9. The van der Waals surface area contributed by atoms with Gasteiger partial charge in [0.2, 0.25) is 10.0 Å². The molecule has 1 heterocycles. The average Bonchev–Trinajstić information content (AvgIpc) is 3.03. The molecule has 9 heteroatoms. The summed E-state index contributed by atoms with van der Waals surface area (Å²) in [5.41, 5.74) is 1.82. The van der Waals surface area contributed by atoms with Crippen LogP contribution in [0.1, 0.15) is 6.42 Å². The van der Waals surface area contributed by atoms with Crippen LogP contribution >= 0.6 is 23.4 Å². The van der Waals surface area contributed by atoms with Gasteiger partial charge in [0, 0.05) is 22.0 Å². The van der Waals surface area contributed by atoms with Crippen molar-refractivity contribution >= 4 is 33.4 Å². The number of rotatable bonds is 7. The SMILES string of the molecule is NS(=O)(=O)CCCSc1nnc(-c2ccc(Cl)cc2)n1-c1ccccc1. The Morgan fingerprint density at radius 2 is 1.73 bits per heavy atom. The summed E-state index contributed by atoms with van der Waals surface area (Å²) < 4.78 is 24.1. The smallest absolute Gasteiger partial charge is 0.209 e. The van der Waals surface area contributed by atoms with Crippen LogP contribution in [-0.4, -0.2) is 34.7 Å². The van der Waals surface area contributed by atoms with Crippen molar-refractivity contribution in [3.63, 3.8) is 0 Å². The molecule has 0 bridgehead atoms. The van der Waals surface area contributed by atoms with Crippen LogP contribution in [0.15, 0.2) is 59.8 Å². The molecule has 136 valence electrons. The normalized spacial score (nSPS) is 11.6. The van der Waals surface area contributed by atoms with E-state index in [1.807, 2.05) is 47.0 Å². The van der Waals surface area contributed by atoms with Gasteiger partial charge in [-0.1, -0.05) is 41.6 Å². The van der Waals surface area contributed by atoms with Gasteiger partial charge in [0.05, 0.1) is 5.75 Å². The van der Waals surface area contributed by atoms with Crippen LogP contribution in [0.2, 0.25) is 5.02 Å². The molecule has 0 unspecified atom stereocenters. The number of thioether (sulfide) groups is 1. The highest BCUT2D eigenvalue weighted by Gasteiger charge is 2.16. The highest BCUT2D eigenvalue weighted by molar-refractivity contribution is 7.99. The Kier molecular flexibility index (Phi) is 5.98. The van der Waals surface area contributed by atoms with E-state index in [4.69, 9.17) is 16.7 Å². The van der Waals surface area contributed by atoms with Crippen molar-refractivity contribution in [1.82, 2.24) is 14.8 Å². The van der Waals surface area contributed by atoms with Gasteiger partial charge in [-0.05, 0) is 42.8 Å². The Bertz CT molecular complexity index is 974. The lowest BCUT2D eigenvalue weighted by Crippen LogP contribution is -2.16. The van der Waals surface area contributed by atoms with Gasteiger partial charge >= 0.3 is 0 Å². The van der Waals surface area contributed by atoms with E-state index in [9.17, 15) is 8.42 Å². The largest absolute Gasteiger partial charge is 0.270 e. The van der Waals surface area contributed by atoms with Crippen molar-refractivity contribution in [2.75, 3.05) is 11.5 Å². The van der Waals surface area contributed by atoms with Crippen molar-refractivity contribution in [2.45, 2.75) is 11.6 Å². The van der Waals surface area contributed by atoms with E-state index in [2.05, 4.69) is 10.2 Å². The lowest BCUT2D eigenvalue weighted by Gasteiger charge is -2.10. The third-order valence-corrected chi connectivity index (χ3v) is 5.68. The third kappa shape index (κ3) is 4.85. The minimum absolute atomic E-state index is 0.0521. The fourth-order valence-corrected chi connectivity index (χ4v) is 4.13. The third-order valence-electron chi connectivity index (χ3n) is 3.55. The van der Waals surface area contributed by atoms with E-state index >= 15 is 0 Å². The molecule has 1 aromatic heterocycles. The lowest BCUT2D eigenvalue weighted by atomic mass is 10.2. The number of para-hydroxylation sites is 1. The minimum atomic E-state index is -3.45. The van der Waals surface area contributed by atoms with E-state index in [1.54, 1.807) is 12.1 Å². The van der Waals surface area contributed by atoms with Crippen molar-refractivity contribution in [3.05, 3.63) is 59.6 Å². The fourth-order valence-electron chi connectivity index (χ4n) is 2.38. The first-order valence-electron chi connectivity index (χ1n) is 7.84. The standard InChI is InChI=1S/C17H17ClN4O2S2/c18-14-9-7-13(8-10-14)16-20-21-17(25-11-4-12-26(19,23)24)22(16)15-5-2-1-3-6-15/h1-3,5-10H,4,11-12H2,(H2,19,23,24). The van der Waals surface area contributed by atoms with E-state index < -0.39 is 10.0 Å². The van der Waals surface area contributed by atoms with Gasteiger partial charge in [0.25, 0.3) is 0 Å². The van der Waals surface area contributed by atoms with Gasteiger partial charge in [-0.25, -0.2) is 13.6 Å². The van der Waals surface area contributed by atoms with Gasteiger partial charge in [-0.2, -0.15) is 0 Å². The predicted octanol–water partition coefficient (Wildman–Crippen LogP) is 3.36. The maximum absolute atomic E-state index is 11.1. The van der Waals surface area contributed by atoms with Gasteiger partial charge in [0.1, 0.15) is 0 Å². The fraction of sp³-hybridized carbons (Fsp3) is 0.176. The Morgan fingerprint density at radius 3 is 2.38 bits per heavy atom. The Balaban J connectivity index is 1.91. The average molecular weight is 409 g/mol. The lowest BCUT2D eigenvalue weighted by molar-refractivity contribution is 0.596. The molecule has 0 amide bonds. The highest BCUT2D eigenvalue weighted by Crippen LogP contribution is 2.28. The zero-order chi connectivity index (χ0) is 18.6. The molecule has 0 radical (unpaired) electrons. The first-order chi connectivity index (χ1) is 12.4. The van der Waals surface area contributed by atoms with Crippen molar-refractivity contribution in [3.8, 4) is 17.1 Å². The topological polar surface area (TPSA) is 90.9 Å². The van der Waals surface area contributed by atoms with E-state index in [0.717, 1.165) is 11.3 Å². The molecule has 26 heavy (non-hydrogen) atoms. The molecular formula is C17H17ClN4O2S2. The number of aromatic nitrogens is 3. The number of benzene rings is 2. The van der Waals surface area contributed by atoms with Gasteiger partial charge in [-0.15, -0.1) is 10.2 Å². The maximum atomic E-state index is 11.1.